The first-order chi connectivity index (χ1) is 10.6. The molecule has 112 valence electrons. The van der Waals surface area contributed by atoms with E-state index in [-0.39, 0.29) is 0 Å². The molecule has 0 atom stereocenters. The minimum absolute atomic E-state index is 0.319. The summed E-state index contributed by atoms with van der Waals surface area (Å²) in [7, 11) is 0. The lowest BCUT2D eigenvalue weighted by Crippen LogP contribution is -1.98. The Kier molecular flexibility index (Phi) is 4.61. The molecule has 0 aliphatic carbocycles. The molecule has 1 N–H and O–H groups in total. The first-order valence-corrected chi connectivity index (χ1v) is 7.79. The topological polar surface area (TPSA) is 63.7 Å². The molecule has 5 nitrogen and oxygen atoms in total. The van der Waals surface area contributed by atoms with Gasteiger partial charge in [0.25, 0.3) is 0 Å². The van der Waals surface area contributed by atoms with E-state index in [4.69, 9.17) is 27.9 Å². The molecule has 3 rings (SSSR count). The summed E-state index contributed by atoms with van der Waals surface area (Å²) >= 11 is 15.8. The van der Waals surface area contributed by atoms with Gasteiger partial charge in [0.1, 0.15) is 6.61 Å². The third-order valence-corrected chi connectivity index (χ3v) is 4.17. The highest BCUT2D eigenvalue weighted by Crippen LogP contribution is 2.37. The van der Waals surface area contributed by atoms with Gasteiger partial charge in [-0.15, -0.1) is 10.2 Å². The largest absolute Gasteiger partial charge is 0.486 e. The van der Waals surface area contributed by atoms with Gasteiger partial charge >= 0.3 is 0 Å². The molecule has 0 saturated carbocycles. The van der Waals surface area contributed by atoms with Crippen molar-refractivity contribution in [3.05, 3.63) is 56.5 Å². The highest BCUT2D eigenvalue weighted by Gasteiger charge is 2.13. The van der Waals surface area contributed by atoms with Crippen molar-refractivity contribution in [1.29, 1.82) is 0 Å². The number of ether oxygens (including phenoxy) is 1. The molecule has 0 aliphatic rings. The van der Waals surface area contributed by atoms with Gasteiger partial charge in [0.15, 0.2) is 5.75 Å². The summed E-state index contributed by atoms with van der Waals surface area (Å²) in [4.78, 5) is 0. The fourth-order valence-electron chi connectivity index (χ4n) is 1.88. The number of H-pyrrole nitrogens is 1. The van der Waals surface area contributed by atoms with Crippen LogP contribution in [0.4, 0.5) is 0 Å². The second kappa shape index (κ2) is 6.64. The molecule has 0 amide bonds. The Labute approximate surface area is 144 Å². The summed E-state index contributed by atoms with van der Waals surface area (Å²) in [5.41, 5.74) is 1.62. The number of aromatic nitrogens is 4. The number of nitrogens with zero attached hydrogens (tertiary/aromatic N) is 3. The average molecular weight is 400 g/mol. The summed E-state index contributed by atoms with van der Waals surface area (Å²) < 4.78 is 6.48. The van der Waals surface area contributed by atoms with E-state index >= 15 is 0 Å². The van der Waals surface area contributed by atoms with Gasteiger partial charge in [0.2, 0.25) is 5.82 Å². The van der Waals surface area contributed by atoms with E-state index in [0.717, 1.165) is 11.1 Å². The van der Waals surface area contributed by atoms with E-state index in [1.54, 1.807) is 6.07 Å². The first-order valence-electron chi connectivity index (χ1n) is 6.24. The van der Waals surface area contributed by atoms with Crippen molar-refractivity contribution in [2.75, 3.05) is 0 Å². The van der Waals surface area contributed by atoms with Gasteiger partial charge in [-0.1, -0.05) is 41.4 Å². The van der Waals surface area contributed by atoms with Crippen LogP contribution in [0, 0.1) is 0 Å². The van der Waals surface area contributed by atoms with Crippen LogP contribution in [-0.2, 0) is 6.61 Å². The number of halogens is 3. The standard InChI is InChI=1S/C14H9BrCl2N4O/c15-10-5-9(14-18-20-21-19-14)6-12(17)13(10)22-7-8-3-1-2-4-11(8)16/h1-6H,7H2,(H,18,19,20,21). The maximum absolute atomic E-state index is 6.28. The van der Waals surface area contributed by atoms with E-state index in [0.29, 0.717) is 32.7 Å². The summed E-state index contributed by atoms with van der Waals surface area (Å²) in [6.07, 6.45) is 0. The quantitative estimate of drug-likeness (QED) is 0.700. The Bertz CT molecular complexity index is 772. The highest BCUT2D eigenvalue weighted by atomic mass is 79.9. The fraction of sp³-hybridized carbons (Fsp3) is 0.0714. The van der Waals surface area contributed by atoms with Crippen molar-refractivity contribution >= 4 is 39.1 Å². The van der Waals surface area contributed by atoms with Gasteiger partial charge in [-0.25, -0.2) is 0 Å². The normalized spacial score (nSPS) is 10.7. The van der Waals surface area contributed by atoms with Crippen LogP contribution in [-0.4, -0.2) is 20.6 Å². The van der Waals surface area contributed by atoms with Crippen molar-refractivity contribution in [3.8, 4) is 17.1 Å². The van der Waals surface area contributed by atoms with Crippen molar-refractivity contribution in [2.45, 2.75) is 6.61 Å². The molecule has 0 unspecified atom stereocenters. The summed E-state index contributed by atoms with van der Waals surface area (Å²) in [5, 5.41) is 14.9. The predicted molar refractivity (Wildman–Crippen MR) is 88.1 cm³/mol. The molecule has 22 heavy (non-hydrogen) atoms. The molecular weight excluding hydrogens is 391 g/mol. The Morgan fingerprint density at radius 2 is 1.95 bits per heavy atom. The Morgan fingerprint density at radius 3 is 2.64 bits per heavy atom. The van der Waals surface area contributed by atoms with Crippen molar-refractivity contribution in [1.82, 2.24) is 20.6 Å². The second-order valence-electron chi connectivity index (χ2n) is 4.38. The number of tetrazole rings is 1. The van der Waals surface area contributed by atoms with Crippen molar-refractivity contribution in [3.63, 3.8) is 0 Å². The van der Waals surface area contributed by atoms with Crippen LogP contribution in [0.1, 0.15) is 5.56 Å². The molecule has 1 heterocycles. The van der Waals surface area contributed by atoms with Gasteiger partial charge in [0, 0.05) is 16.1 Å². The smallest absolute Gasteiger partial charge is 0.204 e. The zero-order valence-electron chi connectivity index (χ0n) is 11.1. The van der Waals surface area contributed by atoms with E-state index in [1.807, 2.05) is 30.3 Å². The lowest BCUT2D eigenvalue weighted by molar-refractivity contribution is 0.304. The van der Waals surface area contributed by atoms with Gasteiger partial charge in [-0.3, -0.25) is 0 Å². The number of benzene rings is 2. The minimum atomic E-state index is 0.319. The van der Waals surface area contributed by atoms with E-state index in [9.17, 15) is 0 Å². The SMILES string of the molecule is Clc1ccccc1COc1c(Cl)cc(-c2nn[nH]n2)cc1Br. The number of aromatic amines is 1. The van der Waals surface area contributed by atoms with E-state index < -0.39 is 0 Å². The van der Waals surface area contributed by atoms with Gasteiger partial charge in [-0.05, 0) is 39.3 Å². The van der Waals surface area contributed by atoms with Gasteiger partial charge in [0.05, 0.1) is 9.50 Å². The monoisotopic (exact) mass is 398 g/mol. The molecule has 0 spiro atoms. The number of rotatable bonds is 4. The maximum atomic E-state index is 6.28. The zero-order valence-corrected chi connectivity index (χ0v) is 14.2. The molecule has 0 fully saturated rings. The number of hydrogen-bond acceptors (Lipinski definition) is 4. The molecule has 8 heteroatoms. The van der Waals surface area contributed by atoms with E-state index in [1.165, 1.54) is 0 Å². The van der Waals surface area contributed by atoms with Gasteiger partial charge in [-0.2, -0.15) is 5.21 Å². The highest BCUT2D eigenvalue weighted by molar-refractivity contribution is 9.10. The van der Waals surface area contributed by atoms with Crippen molar-refractivity contribution in [2.24, 2.45) is 0 Å². The molecule has 3 aromatic rings. The molecular formula is C14H9BrCl2N4O. The van der Waals surface area contributed by atoms with Crippen LogP contribution in [0.25, 0.3) is 11.4 Å². The van der Waals surface area contributed by atoms with Crippen molar-refractivity contribution < 1.29 is 4.74 Å². The summed E-state index contributed by atoms with van der Waals surface area (Å²) in [6.45, 7) is 0.319. The zero-order chi connectivity index (χ0) is 15.5. The Morgan fingerprint density at radius 1 is 1.14 bits per heavy atom. The average Bonchev–Trinajstić information content (AvgIpc) is 3.02. The Balaban J connectivity index is 1.84. The Hall–Kier alpha value is -1.63. The predicted octanol–water partition coefficient (Wildman–Crippen LogP) is 4.52. The van der Waals surface area contributed by atoms with Crippen LogP contribution < -0.4 is 4.74 Å². The van der Waals surface area contributed by atoms with Gasteiger partial charge < -0.3 is 4.74 Å². The molecule has 0 aliphatic heterocycles. The molecule has 0 saturated heterocycles. The van der Waals surface area contributed by atoms with Crippen LogP contribution in [0.15, 0.2) is 40.9 Å². The molecule has 1 aromatic heterocycles. The summed E-state index contributed by atoms with van der Waals surface area (Å²) in [6, 6.07) is 11.0. The minimum Gasteiger partial charge on any atom is -0.486 e. The molecule has 0 radical (unpaired) electrons. The number of nitrogens with one attached hydrogen (secondary N) is 1. The lowest BCUT2D eigenvalue weighted by Gasteiger charge is -2.12. The van der Waals surface area contributed by atoms with Crippen LogP contribution in [0.5, 0.6) is 5.75 Å². The fourth-order valence-corrected chi connectivity index (χ4v) is 3.03. The van der Waals surface area contributed by atoms with Crippen LogP contribution >= 0.6 is 39.1 Å². The molecule has 0 bridgehead atoms. The van der Waals surface area contributed by atoms with Crippen LogP contribution in [0.2, 0.25) is 10.0 Å². The molecule has 2 aromatic carbocycles. The second-order valence-corrected chi connectivity index (χ2v) is 6.05. The lowest BCUT2D eigenvalue weighted by atomic mass is 10.2. The first kappa shape index (κ1) is 15.3. The van der Waals surface area contributed by atoms with Crippen LogP contribution in [0.3, 0.4) is 0 Å². The third-order valence-electron chi connectivity index (χ3n) is 2.93. The summed E-state index contributed by atoms with van der Waals surface area (Å²) in [5.74, 6) is 0.995. The third kappa shape index (κ3) is 3.24. The van der Waals surface area contributed by atoms with E-state index in [2.05, 4.69) is 36.6 Å². The maximum Gasteiger partial charge on any atom is 0.204 e. The number of hydrogen-bond donors (Lipinski definition) is 1.